The number of likely N-dealkylation sites (tertiary alicyclic amines) is 1. The Morgan fingerprint density at radius 2 is 1.71 bits per heavy atom. The van der Waals surface area contributed by atoms with E-state index in [4.69, 9.17) is 30.5 Å². The molecule has 1 fully saturated rings. The highest BCUT2D eigenvalue weighted by Gasteiger charge is 2.46. The molecule has 2 aromatic carbocycles. The van der Waals surface area contributed by atoms with Crippen molar-refractivity contribution in [2.75, 3.05) is 34.5 Å². The molecule has 1 aliphatic heterocycles. The molecule has 0 aromatic heterocycles. The van der Waals surface area contributed by atoms with E-state index in [0.717, 1.165) is 0 Å². The van der Waals surface area contributed by atoms with Crippen molar-refractivity contribution >= 4 is 29.1 Å². The second-order valence-corrected chi connectivity index (χ2v) is 8.67. The fourth-order valence-electron chi connectivity index (χ4n) is 4.06. The van der Waals surface area contributed by atoms with Gasteiger partial charge < -0.3 is 29.0 Å². The van der Waals surface area contributed by atoms with Gasteiger partial charge in [0.15, 0.2) is 11.5 Å². The van der Waals surface area contributed by atoms with E-state index in [1.807, 2.05) is 13.8 Å². The first-order chi connectivity index (χ1) is 16.7. The van der Waals surface area contributed by atoms with Gasteiger partial charge in [0, 0.05) is 23.7 Å². The molecule has 1 aliphatic rings. The monoisotopic (exact) mass is 503 g/mol. The minimum Gasteiger partial charge on any atom is -0.507 e. The van der Waals surface area contributed by atoms with Crippen LogP contribution in [0.5, 0.6) is 17.2 Å². The number of halogens is 1. The molecule has 1 amide bonds. The predicted octanol–water partition coefficient (Wildman–Crippen LogP) is 4.60. The van der Waals surface area contributed by atoms with E-state index in [2.05, 4.69) is 0 Å². The molecule has 1 heterocycles. The maximum Gasteiger partial charge on any atom is 0.295 e. The fourth-order valence-corrected chi connectivity index (χ4v) is 4.25. The van der Waals surface area contributed by atoms with Crippen LogP contribution < -0.4 is 14.2 Å². The summed E-state index contributed by atoms with van der Waals surface area (Å²) in [5, 5.41) is 11.6. The molecule has 1 atom stereocenters. The van der Waals surface area contributed by atoms with Crippen molar-refractivity contribution in [2.24, 2.45) is 0 Å². The molecule has 0 spiro atoms. The summed E-state index contributed by atoms with van der Waals surface area (Å²) in [5.41, 5.74) is 0.805. The standard InChI is InChI=1S/C26H30ClNO7/c1-15(2)35-11-7-10-28-22(17-13-19(32-3)25(34-5)20(14-17)33-4)21(24(30)26(28)31)23(29)16-8-6-9-18(27)12-16/h6,8-9,12-15,22,29H,7,10-11H2,1-5H3/b23-21+. The number of hydrogen-bond donors (Lipinski definition) is 1. The van der Waals surface area contributed by atoms with E-state index in [1.165, 1.54) is 32.3 Å². The lowest BCUT2D eigenvalue weighted by atomic mass is 9.94. The Morgan fingerprint density at radius 3 is 2.26 bits per heavy atom. The summed E-state index contributed by atoms with van der Waals surface area (Å²) in [6.07, 6.45) is 0.544. The molecule has 0 bridgehead atoms. The molecule has 3 rings (SSSR count). The molecule has 0 radical (unpaired) electrons. The van der Waals surface area contributed by atoms with E-state index in [1.54, 1.807) is 30.3 Å². The lowest BCUT2D eigenvalue weighted by Crippen LogP contribution is -2.31. The highest BCUT2D eigenvalue weighted by atomic mass is 35.5. The third-order valence-electron chi connectivity index (χ3n) is 5.64. The summed E-state index contributed by atoms with van der Waals surface area (Å²) in [7, 11) is 4.44. The molecular weight excluding hydrogens is 474 g/mol. The van der Waals surface area contributed by atoms with Gasteiger partial charge in [0.2, 0.25) is 5.75 Å². The molecule has 0 aliphatic carbocycles. The van der Waals surface area contributed by atoms with Crippen LogP contribution in [-0.2, 0) is 14.3 Å². The number of ether oxygens (including phenoxy) is 4. The van der Waals surface area contributed by atoms with Gasteiger partial charge in [0.05, 0.1) is 39.0 Å². The zero-order chi connectivity index (χ0) is 25.7. The van der Waals surface area contributed by atoms with Crippen LogP contribution in [0, 0.1) is 0 Å². The summed E-state index contributed by atoms with van der Waals surface area (Å²) in [6, 6.07) is 8.92. The van der Waals surface area contributed by atoms with Gasteiger partial charge in [-0.25, -0.2) is 0 Å². The molecule has 1 saturated heterocycles. The van der Waals surface area contributed by atoms with Crippen LogP contribution in [0.2, 0.25) is 5.02 Å². The number of benzene rings is 2. The lowest BCUT2D eigenvalue weighted by Gasteiger charge is -2.26. The van der Waals surface area contributed by atoms with Crippen molar-refractivity contribution in [1.82, 2.24) is 4.90 Å². The fraction of sp³-hybridized carbons (Fsp3) is 0.385. The van der Waals surface area contributed by atoms with Crippen molar-refractivity contribution in [2.45, 2.75) is 32.4 Å². The van der Waals surface area contributed by atoms with Crippen LogP contribution in [0.1, 0.15) is 37.4 Å². The van der Waals surface area contributed by atoms with Gasteiger partial charge in [-0.3, -0.25) is 9.59 Å². The Hall–Kier alpha value is -3.23. The number of amides is 1. The molecule has 1 unspecified atom stereocenters. The first-order valence-electron chi connectivity index (χ1n) is 11.2. The molecule has 9 heteroatoms. The van der Waals surface area contributed by atoms with E-state index < -0.39 is 17.7 Å². The van der Waals surface area contributed by atoms with Gasteiger partial charge in [0.1, 0.15) is 5.76 Å². The molecule has 0 saturated carbocycles. The van der Waals surface area contributed by atoms with Crippen LogP contribution in [-0.4, -0.2) is 62.3 Å². The van der Waals surface area contributed by atoms with Crippen molar-refractivity contribution in [3.63, 3.8) is 0 Å². The van der Waals surface area contributed by atoms with Crippen molar-refractivity contribution in [3.05, 3.63) is 58.1 Å². The molecule has 8 nitrogen and oxygen atoms in total. The van der Waals surface area contributed by atoms with Gasteiger partial charge in [-0.05, 0) is 50.1 Å². The summed E-state index contributed by atoms with van der Waals surface area (Å²) in [4.78, 5) is 27.8. The summed E-state index contributed by atoms with van der Waals surface area (Å²) < 4.78 is 22.0. The Kier molecular flexibility index (Phi) is 8.64. The van der Waals surface area contributed by atoms with Gasteiger partial charge in [0.25, 0.3) is 11.7 Å². The number of carbonyl (C=O) groups is 2. The summed E-state index contributed by atoms with van der Waals surface area (Å²) in [5.74, 6) is -0.721. The first-order valence-corrected chi connectivity index (χ1v) is 11.6. The molecular formula is C26H30ClNO7. The van der Waals surface area contributed by atoms with Crippen molar-refractivity contribution < 1.29 is 33.6 Å². The van der Waals surface area contributed by atoms with Crippen LogP contribution in [0.25, 0.3) is 5.76 Å². The topological polar surface area (TPSA) is 94.5 Å². The highest BCUT2D eigenvalue weighted by molar-refractivity contribution is 6.46. The Balaban J connectivity index is 2.17. The number of aliphatic hydroxyl groups excluding tert-OH is 1. The zero-order valence-electron chi connectivity index (χ0n) is 20.5. The number of aliphatic hydroxyl groups is 1. The van der Waals surface area contributed by atoms with Crippen LogP contribution in [0.4, 0.5) is 0 Å². The Morgan fingerprint density at radius 1 is 1.06 bits per heavy atom. The third-order valence-corrected chi connectivity index (χ3v) is 5.87. The number of rotatable bonds is 10. The number of hydrogen-bond acceptors (Lipinski definition) is 7. The minimum absolute atomic E-state index is 0.0409. The molecule has 1 N–H and O–H groups in total. The Bertz CT molecular complexity index is 1100. The van der Waals surface area contributed by atoms with E-state index in [0.29, 0.717) is 46.4 Å². The number of nitrogens with zero attached hydrogens (tertiary/aromatic N) is 1. The average molecular weight is 504 g/mol. The van der Waals surface area contributed by atoms with E-state index >= 15 is 0 Å². The van der Waals surface area contributed by atoms with Crippen LogP contribution in [0.15, 0.2) is 42.0 Å². The van der Waals surface area contributed by atoms with E-state index in [9.17, 15) is 14.7 Å². The second-order valence-electron chi connectivity index (χ2n) is 8.23. The van der Waals surface area contributed by atoms with Crippen LogP contribution in [0.3, 0.4) is 0 Å². The normalized spacial score (nSPS) is 17.2. The number of ketones is 1. The number of Topliss-reactive ketones (excluding diaryl/α,β-unsaturated/α-hetero) is 1. The zero-order valence-corrected chi connectivity index (χ0v) is 21.2. The minimum atomic E-state index is -0.887. The average Bonchev–Trinajstić information content (AvgIpc) is 3.09. The van der Waals surface area contributed by atoms with Gasteiger partial charge in [-0.2, -0.15) is 0 Å². The van der Waals surface area contributed by atoms with Crippen molar-refractivity contribution in [1.29, 1.82) is 0 Å². The van der Waals surface area contributed by atoms with E-state index in [-0.39, 0.29) is 24.0 Å². The molecule has 35 heavy (non-hydrogen) atoms. The smallest absolute Gasteiger partial charge is 0.295 e. The number of carbonyl (C=O) groups excluding carboxylic acids is 2. The molecule has 2 aromatic rings. The SMILES string of the molecule is COc1cc(C2/C(=C(\O)c3cccc(Cl)c3)C(=O)C(=O)N2CCCOC(C)C)cc(OC)c1OC. The maximum atomic E-state index is 13.2. The Labute approximate surface area is 210 Å². The predicted molar refractivity (Wildman–Crippen MR) is 132 cm³/mol. The number of methoxy groups -OCH3 is 3. The quantitative estimate of drug-likeness (QED) is 0.219. The summed E-state index contributed by atoms with van der Waals surface area (Å²) in [6.45, 7) is 4.50. The van der Waals surface area contributed by atoms with Gasteiger partial charge >= 0.3 is 0 Å². The summed E-state index contributed by atoms with van der Waals surface area (Å²) >= 11 is 6.11. The van der Waals surface area contributed by atoms with Crippen LogP contribution >= 0.6 is 11.6 Å². The van der Waals surface area contributed by atoms with Gasteiger partial charge in [-0.1, -0.05) is 23.7 Å². The second kappa shape index (κ2) is 11.5. The molecule has 188 valence electrons. The lowest BCUT2D eigenvalue weighted by molar-refractivity contribution is -0.140. The van der Waals surface area contributed by atoms with Crippen molar-refractivity contribution in [3.8, 4) is 17.2 Å². The highest BCUT2D eigenvalue weighted by Crippen LogP contribution is 2.45. The largest absolute Gasteiger partial charge is 0.507 e. The van der Waals surface area contributed by atoms with Gasteiger partial charge in [-0.15, -0.1) is 0 Å². The maximum absolute atomic E-state index is 13.2. The third kappa shape index (κ3) is 5.55. The first kappa shape index (κ1) is 26.4.